The third kappa shape index (κ3) is 4.50. The zero-order chi connectivity index (χ0) is 14.4. The van der Waals surface area contributed by atoms with E-state index in [4.69, 9.17) is 9.47 Å². The number of morpholine rings is 1. The second-order valence-corrected chi connectivity index (χ2v) is 5.95. The van der Waals surface area contributed by atoms with E-state index in [1.807, 2.05) is 12.1 Å². The van der Waals surface area contributed by atoms with E-state index in [9.17, 15) is 0 Å². The monoisotopic (exact) mass is 277 g/mol. The van der Waals surface area contributed by atoms with Crippen LogP contribution in [0.3, 0.4) is 0 Å². The molecule has 112 valence electrons. The SMILES string of the molecule is CCCOc1ccc(C2CNCC(CC(C)C)O2)cc1. The Morgan fingerprint density at radius 2 is 2.00 bits per heavy atom. The van der Waals surface area contributed by atoms with Gasteiger partial charge in [0.15, 0.2) is 0 Å². The van der Waals surface area contributed by atoms with Gasteiger partial charge in [-0.05, 0) is 36.5 Å². The summed E-state index contributed by atoms with van der Waals surface area (Å²) in [6.45, 7) is 9.23. The first-order valence-electron chi connectivity index (χ1n) is 7.78. The molecule has 1 N–H and O–H groups in total. The van der Waals surface area contributed by atoms with Gasteiger partial charge in [0.25, 0.3) is 0 Å². The molecule has 1 heterocycles. The van der Waals surface area contributed by atoms with Gasteiger partial charge >= 0.3 is 0 Å². The summed E-state index contributed by atoms with van der Waals surface area (Å²) in [6.07, 6.45) is 2.63. The Morgan fingerprint density at radius 1 is 1.25 bits per heavy atom. The molecule has 2 rings (SSSR count). The molecule has 0 radical (unpaired) electrons. The van der Waals surface area contributed by atoms with Crippen molar-refractivity contribution in [3.05, 3.63) is 29.8 Å². The van der Waals surface area contributed by atoms with Gasteiger partial charge in [0.1, 0.15) is 5.75 Å². The Hall–Kier alpha value is -1.06. The maximum Gasteiger partial charge on any atom is 0.119 e. The highest BCUT2D eigenvalue weighted by Gasteiger charge is 2.23. The van der Waals surface area contributed by atoms with Gasteiger partial charge < -0.3 is 14.8 Å². The first-order valence-corrected chi connectivity index (χ1v) is 7.78. The van der Waals surface area contributed by atoms with Crippen LogP contribution in [0.25, 0.3) is 0 Å². The third-order valence-corrected chi connectivity index (χ3v) is 3.52. The second-order valence-electron chi connectivity index (χ2n) is 5.95. The normalized spacial score (nSPS) is 23.0. The minimum atomic E-state index is 0.160. The average molecular weight is 277 g/mol. The molecule has 0 aromatic heterocycles. The fraction of sp³-hybridized carbons (Fsp3) is 0.647. The number of nitrogens with one attached hydrogen (secondary N) is 1. The number of hydrogen-bond acceptors (Lipinski definition) is 3. The fourth-order valence-electron chi connectivity index (χ4n) is 2.56. The van der Waals surface area contributed by atoms with E-state index in [-0.39, 0.29) is 6.10 Å². The summed E-state index contributed by atoms with van der Waals surface area (Å²) in [5, 5.41) is 3.48. The van der Waals surface area contributed by atoms with Crippen LogP contribution in [0.5, 0.6) is 5.75 Å². The molecule has 2 unspecified atom stereocenters. The van der Waals surface area contributed by atoms with Crippen LogP contribution in [0.1, 0.15) is 45.3 Å². The molecule has 1 aliphatic rings. The van der Waals surface area contributed by atoms with Crippen LogP contribution in [0.4, 0.5) is 0 Å². The summed E-state index contributed by atoms with van der Waals surface area (Å²) in [5.74, 6) is 1.61. The first-order chi connectivity index (χ1) is 9.69. The van der Waals surface area contributed by atoms with E-state index in [1.54, 1.807) is 0 Å². The Labute approximate surface area is 122 Å². The fourth-order valence-corrected chi connectivity index (χ4v) is 2.56. The summed E-state index contributed by atoms with van der Waals surface area (Å²) >= 11 is 0. The van der Waals surface area contributed by atoms with Crippen molar-refractivity contribution in [3.8, 4) is 5.75 Å². The summed E-state index contributed by atoms with van der Waals surface area (Å²) in [4.78, 5) is 0. The maximum atomic E-state index is 6.20. The maximum absolute atomic E-state index is 6.20. The zero-order valence-electron chi connectivity index (χ0n) is 12.9. The van der Waals surface area contributed by atoms with E-state index in [2.05, 4.69) is 38.2 Å². The van der Waals surface area contributed by atoms with Gasteiger partial charge in [-0.1, -0.05) is 32.9 Å². The largest absolute Gasteiger partial charge is 0.494 e. The molecule has 2 atom stereocenters. The van der Waals surface area contributed by atoms with Crippen LogP contribution in [0.2, 0.25) is 0 Å². The molecular weight excluding hydrogens is 250 g/mol. The molecule has 3 nitrogen and oxygen atoms in total. The molecule has 0 saturated carbocycles. The molecule has 0 bridgehead atoms. The molecule has 1 aromatic carbocycles. The molecule has 1 aliphatic heterocycles. The van der Waals surface area contributed by atoms with E-state index >= 15 is 0 Å². The molecule has 3 heteroatoms. The molecule has 0 amide bonds. The lowest BCUT2D eigenvalue weighted by Gasteiger charge is -2.32. The van der Waals surface area contributed by atoms with Crippen LogP contribution in [0.15, 0.2) is 24.3 Å². The third-order valence-electron chi connectivity index (χ3n) is 3.52. The van der Waals surface area contributed by atoms with Gasteiger partial charge in [-0.3, -0.25) is 0 Å². The van der Waals surface area contributed by atoms with Gasteiger partial charge in [-0.2, -0.15) is 0 Å². The smallest absolute Gasteiger partial charge is 0.119 e. The quantitative estimate of drug-likeness (QED) is 0.862. The molecule has 20 heavy (non-hydrogen) atoms. The number of rotatable bonds is 6. The van der Waals surface area contributed by atoms with E-state index in [0.29, 0.717) is 12.0 Å². The standard InChI is InChI=1S/C17H27NO2/c1-4-9-19-15-7-5-14(6-8-15)17-12-18-11-16(20-17)10-13(2)3/h5-8,13,16-18H,4,9-12H2,1-3H3. The van der Waals surface area contributed by atoms with Gasteiger partial charge in [-0.15, -0.1) is 0 Å². The molecule has 1 aromatic rings. The van der Waals surface area contributed by atoms with Gasteiger partial charge in [0, 0.05) is 13.1 Å². The van der Waals surface area contributed by atoms with Crippen molar-refractivity contribution >= 4 is 0 Å². The summed E-state index contributed by atoms with van der Waals surface area (Å²) in [5.41, 5.74) is 1.23. The van der Waals surface area contributed by atoms with Crippen LogP contribution >= 0.6 is 0 Å². The van der Waals surface area contributed by atoms with Crippen molar-refractivity contribution in [3.63, 3.8) is 0 Å². The highest BCUT2D eigenvalue weighted by atomic mass is 16.5. The van der Waals surface area contributed by atoms with Crippen molar-refractivity contribution in [1.82, 2.24) is 5.32 Å². The highest BCUT2D eigenvalue weighted by molar-refractivity contribution is 5.29. The first kappa shape index (κ1) is 15.3. The van der Waals surface area contributed by atoms with Crippen molar-refractivity contribution in [1.29, 1.82) is 0 Å². The van der Waals surface area contributed by atoms with E-state index in [1.165, 1.54) is 5.56 Å². The summed E-state index contributed by atoms with van der Waals surface area (Å²) in [7, 11) is 0. The predicted molar refractivity (Wildman–Crippen MR) is 82.2 cm³/mol. The van der Waals surface area contributed by atoms with Crippen LogP contribution in [0, 0.1) is 5.92 Å². The molecule has 0 spiro atoms. The van der Waals surface area contributed by atoms with Crippen molar-refractivity contribution in [2.24, 2.45) is 5.92 Å². The van der Waals surface area contributed by atoms with E-state index in [0.717, 1.165) is 38.3 Å². The van der Waals surface area contributed by atoms with Crippen LogP contribution < -0.4 is 10.1 Å². The summed E-state index contributed by atoms with van der Waals surface area (Å²) in [6, 6.07) is 8.32. The van der Waals surface area contributed by atoms with Crippen molar-refractivity contribution in [2.45, 2.75) is 45.8 Å². The summed E-state index contributed by atoms with van der Waals surface area (Å²) < 4.78 is 11.8. The Morgan fingerprint density at radius 3 is 2.65 bits per heavy atom. The minimum absolute atomic E-state index is 0.160. The Kier molecular flexibility index (Phi) is 5.86. The minimum Gasteiger partial charge on any atom is -0.494 e. The molecule has 1 saturated heterocycles. The lowest BCUT2D eigenvalue weighted by molar-refractivity contribution is -0.0474. The lowest BCUT2D eigenvalue weighted by Crippen LogP contribution is -2.41. The molecular formula is C17H27NO2. The second kappa shape index (κ2) is 7.65. The Bertz CT molecular complexity index is 388. The van der Waals surface area contributed by atoms with Crippen molar-refractivity contribution in [2.75, 3.05) is 19.7 Å². The van der Waals surface area contributed by atoms with Gasteiger partial charge in [0.05, 0.1) is 18.8 Å². The van der Waals surface area contributed by atoms with Crippen LogP contribution in [-0.2, 0) is 4.74 Å². The predicted octanol–water partition coefficient (Wildman–Crippen LogP) is 3.55. The number of ether oxygens (including phenoxy) is 2. The van der Waals surface area contributed by atoms with Gasteiger partial charge in [-0.25, -0.2) is 0 Å². The molecule has 1 fully saturated rings. The molecule has 0 aliphatic carbocycles. The average Bonchev–Trinajstić information content (AvgIpc) is 2.45. The Balaban J connectivity index is 1.93. The highest BCUT2D eigenvalue weighted by Crippen LogP contribution is 2.25. The van der Waals surface area contributed by atoms with E-state index < -0.39 is 0 Å². The van der Waals surface area contributed by atoms with Crippen LogP contribution in [-0.4, -0.2) is 25.8 Å². The number of benzene rings is 1. The lowest BCUT2D eigenvalue weighted by atomic mass is 10.0. The number of hydrogen-bond donors (Lipinski definition) is 1. The van der Waals surface area contributed by atoms with Crippen molar-refractivity contribution < 1.29 is 9.47 Å². The topological polar surface area (TPSA) is 30.5 Å². The zero-order valence-corrected chi connectivity index (χ0v) is 12.9. The van der Waals surface area contributed by atoms with Gasteiger partial charge in [0.2, 0.25) is 0 Å².